The molecule has 4 rings (SSSR count). The van der Waals surface area contributed by atoms with E-state index < -0.39 is 10.0 Å². The molecule has 2 aromatic rings. The van der Waals surface area contributed by atoms with Crippen molar-refractivity contribution < 1.29 is 13.2 Å². The molecule has 1 aromatic heterocycles. The van der Waals surface area contributed by atoms with Crippen LogP contribution in [0.1, 0.15) is 58.2 Å². The maximum Gasteiger partial charge on any atom is 0.243 e. The Hall–Kier alpha value is -1.93. The third-order valence-electron chi connectivity index (χ3n) is 6.65. The predicted molar refractivity (Wildman–Crippen MR) is 121 cm³/mol. The summed E-state index contributed by atoms with van der Waals surface area (Å²) in [6, 6.07) is 5.28. The topological polar surface area (TPSA) is 75.5 Å². The number of aromatic nitrogens is 2. The Balaban J connectivity index is 1.55. The SMILES string of the molecule is CCCn1c(CCC(=O)N2CCC(C)CC2)nc2cc(S(=O)(=O)N3CCCC3)ccc21. The average Bonchev–Trinajstić information content (AvgIpc) is 3.41. The van der Waals surface area contributed by atoms with Crippen LogP contribution in [0.15, 0.2) is 23.1 Å². The molecule has 3 heterocycles. The Bertz CT molecular complexity index is 1030. The maximum absolute atomic E-state index is 12.9. The number of piperidine rings is 1. The minimum atomic E-state index is -3.47. The fourth-order valence-electron chi connectivity index (χ4n) is 4.70. The molecule has 8 heteroatoms. The van der Waals surface area contributed by atoms with Gasteiger partial charge in [-0.05, 0) is 56.2 Å². The molecule has 1 aromatic carbocycles. The molecule has 0 radical (unpaired) electrons. The second-order valence-electron chi connectivity index (χ2n) is 9.00. The molecule has 0 N–H and O–H groups in total. The summed E-state index contributed by atoms with van der Waals surface area (Å²) in [7, 11) is -3.47. The molecule has 170 valence electrons. The van der Waals surface area contributed by atoms with E-state index in [1.54, 1.807) is 16.4 Å². The van der Waals surface area contributed by atoms with E-state index in [9.17, 15) is 13.2 Å². The fraction of sp³-hybridized carbons (Fsp3) is 0.652. The zero-order valence-electron chi connectivity index (χ0n) is 18.7. The Morgan fingerprint density at radius 2 is 1.84 bits per heavy atom. The highest BCUT2D eigenvalue weighted by Crippen LogP contribution is 2.26. The summed E-state index contributed by atoms with van der Waals surface area (Å²) in [6.07, 6.45) is 5.96. The molecule has 2 saturated heterocycles. The Kier molecular flexibility index (Phi) is 6.67. The third kappa shape index (κ3) is 4.65. The molecular weight excluding hydrogens is 412 g/mol. The quantitative estimate of drug-likeness (QED) is 0.653. The van der Waals surface area contributed by atoms with Gasteiger partial charge in [0, 0.05) is 45.6 Å². The van der Waals surface area contributed by atoms with E-state index in [1.165, 1.54) is 0 Å². The molecule has 0 saturated carbocycles. The van der Waals surface area contributed by atoms with Gasteiger partial charge in [0.25, 0.3) is 0 Å². The van der Waals surface area contributed by atoms with Crippen molar-refractivity contribution in [3.8, 4) is 0 Å². The number of carbonyl (C=O) groups is 1. The van der Waals surface area contributed by atoms with E-state index in [0.717, 1.165) is 63.1 Å². The first kappa shape index (κ1) is 22.3. The predicted octanol–water partition coefficient (Wildman–Crippen LogP) is 3.42. The van der Waals surface area contributed by atoms with Crippen molar-refractivity contribution in [2.24, 2.45) is 5.92 Å². The number of hydrogen-bond donors (Lipinski definition) is 0. The van der Waals surface area contributed by atoms with E-state index in [4.69, 9.17) is 4.98 Å². The normalized spacial score (nSPS) is 18.8. The number of imidazole rings is 1. The van der Waals surface area contributed by atoms with Crippen LogP contribution in [-0.2, 0) is 27.8 Å². The van der Waals surface area contributed by atoms with Gasteiger partial charge in [0.1, 0.15) is 5.82 Å². The molecular formula is C23H34N4O3S. The van der Waals surface area contributed by atoms with Crippen molar-refractivity contribution in [1.82, 2.24) is 18.8 Å². The van der Waals surface area contributed by atoms with Gasteiger partial charge in [-0.25, -0.2) is 13.4 Å². The molecule has 0 spiro atoms. The number of amides is 1. The van der Waals surface area contributed by atoms with Crippen LogP contribution >= 0.6 is 0 Å². The highest BCUT2D eigenvalue weighted by atomic mass is 32.2. The van der Waals surface area contributed by atoms with Crippen molar-refractivity contribution in [3.63, 3.8) is 0 Å². The summed E-state index contributed by atoms with van der Waals surface area (Å²) in [6.45, 7) is 8.04. The lowest BCUT2D eigenvalue weighted by molar-refractivity contribution is -0.132. The highest BCUT2D eigenvalue weighted by Gasteiger charge is 2.28. The van der Waals surface area contributed by atoms with Crippen molar-refractivity contribution in [2.75, 3.05) is 26.2 Å². The van der Waals surface area contributed by atoms with E-state index >= 15 is 0 Å². The van der Waals surface area contributed by atoms with Gasteiger partial charge in [-0.15, -0.1) is 0 Å². The van der Waals surface area contributed by atoms with E-state index in [1.807, 2.05) is 11.0 Å². The number of likely N-dealkylation sites (tertiary alicyclic amines) is 1. The summed E-state index contributed by atoms with van der Waals surface area (Å²) < 4.78 is 29.6. The van der Waals surface area contributed by atoms with Gasteiger partial charge < -0.3 is 9.47 Å². The maximum atomic E-state index is 12.9. The lowest BCUT2D eigenvalue weighted by Gasteiger charge is -2.30. The lowest BCUT2D eigenvalue weighted by Crippen LogP contribution is -2.38. The van der Waals surface area contributed by atoms with Crippen molar-refractivity contribution in [2.45, 2.75) is 70.2 Å². The van der Waals surface area contributed by atoms with E-state index in [2.05, 4.69) is 18.4 Å². The first-order valence-electron chi connectivity index (χ1n) is 11.7. The number of benzene rings is 1. The van der Waals surface area contributed by atoms with Gasteiger partial charge in [-0.3, -0.25) is 4.79 Å². The molecule has 31 heavy (non-hydrogen) atoms. The van der Waals surface area contributed by atoms with Gasteiger partial charge in [0.15, 0.2) is 0 Å². The molecule has 0 atom stereocenters. The van der Waals surface area contributed by atoms with Crippen LogP contribution in [0.2, 0.25) is 0 Å². The smallest absolute Gasteiger partial charge is 0.243 e. The number of carbonyl (C=O) groups excluding carboxylic acids is 1. The average molecular weight is 447 g/mol. The molecule has 7 nitrogen and oxygen atoms in total. The van der Waals surface area contributed by atoms with Crippen LogP contribution in [0.5, 0.6) is 0 Å². The molecule has 2 fully saturated rings. The van der Waals surface area contributed by atoms with Gasteiger partial charge in [0.05, 0.1) is 15.9 Å². The molecule has 2 aliphatic rings. The summed E-state index contributed by atoms with van der Waals surface area (Å²) in [5.41, 5.74) is 1.64. The highest BCUT2D eigenvalue weighted by molar-refractivity contribution is 7.89. The summed E-state index contributed by atoms with van der Waals surface area (Å²) in [5, 5.41) is 0. The summed E-state index contributed by atoms with van der Waals surface area (Å²) >= 11 is 0. The van der Waals surface area contributed by atoms with Crippen LogP contribution in [0.4, 0.5) is 0 Å². The third-order valence-corrected chi connectivity index (χ3v) is 8.54. The van der Waals surface area contributed by atoms with Crippen molar-refractivity contribution >= 4 is 27.0 Å². The Morgan fingerprint density at radius 1 is 1.13 bits per heavy atom. The zero-order valence-corrected chi connectivity index (χ0v) is 19.5. The number of rotatable bonds is 7. The van der Waals surface area contributed by atoms with Crippen LogP contribution in [0, 0.1) is 5.92 Å². The molecule has 1 amide bonds. The van der Waals surface area contributed by atoms with Gasteiger partial charge in [-0.2, -0.15) is 4.31 Å². The number of nitrogens with zero attached hydrogens (tertiary/aromatic N) is 4. The molecule has 2 aliphatic heterocycles. The van der Waals surface area contributed by atoms with E-state index in [-0.39, 0.29) is 5.91 Å². The summed E-state index contributed by atoms with van der Waals surface area (Å²) in [5.74, 6) is 1.76. The van der Waals surface area contributed by atoms with Crippen LogP contribution < -0.4 is 0 Å². The minimum Gasteiger partial charge on any atom is -0.343 e. The van der Waals surface area contributed by atoms with Gasteiger partial charge in [-0.1, -0.05) is 13.8 Å². The van der Waals surface area contributed by atoms with Crippen molar-refractivity contribution in [3.05, 3.63) is 24.0 Å². The zero-order chi connectivity index (χ0) is 22.0. The number of fused-ring (bicyclic) bond motifs is 1. The largest absolute Gasteiger partial charge is 0.343 e. The standard InChI is InChI=1S/C23H34N4O3S/c1-3-12-27-21-7-6-19(31(29,30)26-13-4-5-14-26)17-20(21)24-22(27)8-9-23(28)25-15-10-18(2)11-16-25/h6-7,17-18H,3-5,8-16H2,1-2H3. The van der Waals surface area contributed by atoms with Gasteiger partial charge in [0.2, 0.25) is 15.9 Å². The van der Waals surface area contributed by atoms with Crippen molar-refractivity contribution in [1.29, 1.82) is 0 Å². The number of sulfonamides is 1. The van der Waals surface area contributed by atoms with Crippen LogP contribution in [0.25, 0.3) is 11.0 Å². The molecule has 0 aliphatic carbocycles. The first-order valence-corrected chi connectivity index (χ1v) is 13.1. The van der Waals surface area contributed by atoms with Gasteiger partial charge >= 0.3 is 0 Å². The number of aryl methyl sites for hydroxylation is 2. The number of hydrogen-bond acceptors (Lipinski definition) is 4. The van der Waals surface area contributed by atoms with E-state index in [0.29, 0.717) is 42.3 Å². The fourth-order valence-corrected chi connectivity index (χ4v) is 6.23. The Morgan fingerprint density at radius 3 is 2.52 bits per heavy atom. The van der Waals surface area contributed by atoms with Crippen LogP contribution in [-0.4, -0.2) is 59.3 Å². The Labute approximate surface area is 185 Å². The second-order valence-corrected chi connectivity index (χ2v) is 10.9. The second kappa shape index (κ2) is 9.28. The molecule has 0 bridgehead atoms. The monoisotopic (exact) mass is 446 g/mol. The lowest BCUT2D eigenvalue weighted by atomic mass is 9.99. The first-order chi connectivity index (χ1) is 14.9. The van der Waals surface area contributed by atoms with Crippen LogP contribution in [0.3, 0.4) is 0 Å². The summed E-state index contributed by atoms with van der Waals surface area (Å²) in [4.78, 5) is 19.8. The molecule has 0 unspecified atom stereocenters. The minimum absolute atomic E-state index is 0.194.